The summed E-state index contributed by atoms with van der Waals surface area (Å²) in [4.78, 5) is 89.7. The normalized spacial score (nSPS) is 13.6. The molecule has 4 aromatic carbocycles. The van der Waals surface area contributed by atoms with Crippen molar-refractivity contribution in [2.45, 2.75) is 27.7 Å². The number of nitrogens with zero attached hydrogens (tertiary/aromatic N) is 2. The first-order valence-corrected chi connectivity index (χ1v) is 34.1. The first-order chi connectivity index (χ1) is 40.4. The average molecular weight is 1380 g/mol. The Morgan fingerprint density at radius 1 is 0.523 bits per heavy atom. The third-order valence-electron chi connectivity index (χ3n) is 12.9. The van der Waals surface area contributed by atoms with Crippen LogP contribution in [0.5, 0.6) is 34.8 Å². The second kappa shape index (κ2) is 24.7. The van der Waals surface area contributed by atoms with E-state index >= 15 is 0 Å². The molecule has 0 amide bonds. The van der Waals surface area contributed by atoms with Crippen LogP contribution in [-0.2, 0) is 36.4 Å². The first kappa shape index (κ1) is 64.7. The number of aromatic hydroxyl groups is 2. The second-order valence-electron chi connectivity index (χ2n) is 18.4. The van der Waals surface area contributed by atoms with Crippen molar-refractivity contribution < 1.29 is 89.9 Å². The maximum Gasteiger partial charge on any atom is 0.361 e. The van der Waals surface area contributed by atoms with Crippen molar-refractivity contribution in [3.63, 3.8) is 0 Å². The van der Waals surface area contributed by atoms with Gasteiger partial charge in [0.2, 0.25) is 42.3 Å². The quantitative estimate of drug-likeness (QED) is 0.0349. The van der Waals surface area contributed by atoms with Gasteiger partial charge in [-0.05, 0) is 113 Å². The zero-order valence-electron chi connectivity index (χ0n) is 44.8. The van der Waals surface area contributed by atoms with Crippen LogP contribution in [0.15, 0.2) is 84.9 Å². The molecule has 10 rings (SSSR count). The smallest absolute Gasteiger partial charge is 0.361 e. The van der Waals surface area contributed by atoms with E-state index in [0.717, 1.165) is 47.6 Å². The Balaban J connectivity index is 0.000000209. The summed E-state index contributed by atoms with van der Waals surface area (Å²) in [6.07, 6.45) is 0. The Kier molecular flexibility index (Phi) is 18.6. The van der Waals surface area contributed by atoms with Gasteiger partial charge in [-0.2, -0.15) is 0 Å². The predicted octanol–water partition coefficient (Wildman–Crippen LogP) is 12.2. The summed E-state index contributed by atoms with van der Waals surface area (Å²) < 4.78 is 86.7. The van der Waals surface area contributed by atoms with Crippen LogP contribution >= 0.6 is 99.8 Å². The number of benzene rings is 4. The van der Waals surface area contributed by atoms with Gasteiger partial charge in [0.1, 0.15) is 64.8 Å². The molecule has 0 radical (unpaired) electrons. The molecule has 1 atom stereocenters. The summed E-state index contributed by atoms with van der Waals surface area (Å²) in [5.41, 5.74) is -1.43. The van der Waals surface area contributed by atoms with Gasteiger partial charge in [0.15, 0.2) is 0 Å². The average Bonchev–Trinajstić information content (AvgIpc) is 1.59. The topological polar surface area (TPSA) is 335 Å². The van der Waals surface area contributed by atoms with E-state index in [1.807, 2.05) is 0 Å². The van der Waals surface area contributed by atoms with Gasteiger partial charge in [-0.15, -0.1) is 0 Å². The number of H-pyrrole nitrogens is 2. The van der Waals surface area contributed by atoms with Crippen LogP contribution < -0.4 is 30.7 Å². The molecule has 0 aliphatic carbocycles. The fraction of sp³-hybridized carbons (Fsp3) is 0.170. The number of rotatable bonds is 16. The fourth-order valence-corrected chi connectivity index (χ4v) is 14.8. The molecule has 86 heavy (non-hydrogen) atoms. The minimum atomic E-state index is -4.75. The molecule has 23 nitrogen and oxygen atoms in total. The van der Waals surface area contributed by atoms with Crippen molar-refractivity contribution in [1.29, 1.82) is 0 Å². The predicted molar refractivity (Wildman–Crippen MR) is 321 cm³/mol. The van der Waals surface area contributed by atoms with Gasteiger partial charge in [-0.1, -0.05) is 69.6 Å². The van der Waals surface area contributed by atoms with E-state index in [0.29, 0.717) is 0 Å². The van der Waals surface area contributed by atoms with Gasteiger partial charge < -0.3 is 62.4 Å². The molecule has 0 bridgehead atoms. The standard InChI is InChI=1S/C30H29Cl3N2O10P2.C23H15Cl3N2O9P2/c1-5-41-46(39,42-6-2)16-9-11-18(22(36)13-16)27(37)21-15-20(31)30-35(21)26-24(32)29(33)34-25(26)28(38)19-12-10-17(14-23(19)45-30)47(40,43-7-3)44-8-4;1-38(32,33)9-2-4-11(15(29)6-9)20(30)14-8-13(24)23-28(14)19-17(25)22(26)27-18(19)21(31)12-5-3-10(39(34,35)36)7-16(12)37-23/h9-15,34,36H,5-8H2,1-4H3;2-8,27,29H,1H3,(H,32,33)(H2,34,35,36). The lowest BCUT2D eigenvalue weighted by atomic mass is 10.0. The lowest BCUT2D eigenvalue weighted by Gasteiger charge is -2.22. The SMILES string of the molecule is CCOP(=O)(OCC)c1ccc(C(=O)c2cc(Cl)c3n2-c2c([nH]c(Cl)c2Cl)C(=O)c2ccc(P(=O)(OCC)OCC)cc2O3)c(O)c1.CP(=O)(O)c1ccc(C(=O)c2cc(Cl)c3n2-c2c([nH]c(Cl)c2Cl)C(=O)c2ccc(P(=O)(O)O)cc2O3)c(O)c1. The van der Waals surface area contributed by atoms with Crippen LogP contribution in [0.4, 0.5) is 0 Å². The molecular weight excluding hydrogens is 1330 g/mol. The number of phenolic OH excluding ortho intramolecular Hbond substituents is 2. The Hall–Kier alpha value is -5.74. The molecule has 2 aliphatic heterocycles. The van der Waals surface area contributed by atoms with Crippen LogP contribution in [0.3, 0.4) is 0 Å². The number of aromatic amines is 2. The fourth-order valence-electron chi connectivity index (χ4n) is 9.09. The van der Waals surface area contributed by atoms with Crippen LogP contribution in [0.25, 0.3) is 11.4 Å². The Labute approximate surface area is 517 Å². The highest BCUT2D eigenvalue weighted by Crippen LogP contribution is 2.52. The van der Waals surface area contributed by atoms with E-state index in [1.165, 1.54) is 53.1 Å². The Bertz CT molecular complexity index is 4350. The minimum absolute atomic E-state index is 0.0294. The molecule has 0 saturated heterocycles. The highest BCUT2D eigenvalue weighted by Gasteiger charge is 2.39. The van der Waals surface area contributed by atoms with Crippen molar-refractivity contribution in [3.8, 4) is 46.1 Å². The van der Waals surface area contributed by atoms with Crippen molar-refractivity contribution in [3.05, 3.63) is 160 Å². The number of fused-ring (bicyclic) bond motifs is 8. The number of carbonyl (C=O) groups is 4. The number of ketones is 4. The molecule has 1 unspecified atom stereocenters. The molecular formula is C53H44Cl6N4O19P4. The molecule has 8 aromatic rings. The van der Waals surface area contributed by atoms with E-state index in [-0.39, 0.29) is 152 Å². The Morgan fingerprint density at radius 3 is 1.24 bits per heavy atom. The summed E-state index contributed by atoms with van der Waals surface area (Å²) in [6, 6.07) is 16.9. The lowest BCUT2D eigenvalue weighted by molar-refractivity contribution is 0.101. The number of carbonyl (C=O) groups excluding carboxylic acids is 4. The van der Waals surface area contributed by atoms with Gasteiger partial charge >= 0.3 is 22.8 Å². The molecule has 33 heteroatoms. The first-order valence-electron chi connectivity index (χ1n) is 25.0. The van der Waals surface area contributed by atoms with E-state index in [4.69, 9.17) is 97.2 Å². The van der Waals surface area contributed by atoms with Gasteiger partial charge in [0, 0.05) is 12.0 Å². The van der Waals surface area contributed by atoms with Crippen LogP contribution in [0.2, 0.25) is 30.4 Å². The molecule has 452 valence electrons. The molecule has 0 fully saturated rings. The number of halogens is 6. The molecule has 0 saturated carbocycles. The van der Waals surface area contributed by atoms with Gasteiger partial charge in [-0.3, -0.25) is 46.6 Å². The third kappa shape index (κ3) is 11.9. The minimum Gasteiger partial charge on any atom is -0.507 e. The van der Waals surface area contributed by atoms with Crippen molar-refractivity contribution in [2.75, 3.05) is 33.1 Å². The van der Waals surface area contributed by atoms with Gasteiger partial charge in [0.05, 0.1) is 87.4 Å². The number of aromatic nitrogens is 4. The summed E-state index contributed by atoms with van der Waals surface area (Å²) in [6.45, 7) is 8.00. The second-order valence-corrected chi connectivity index (χ2v) is 28.6. The molecule has 7 N–H and O–H groups in total. The summed E-state index contributed by atoms with van der Waals surface area (Å²) >= 11 is 38.7. The maximum absolute atomic E-state index is 14.1. The maximum atomic E-state index is 14.1. The molecule has 0 spiro atoms. The monoisotopic (exact) mass is 1370 g/mol. The van der Waals surface area contributed by atoms with Gasteiger partial charge in [0.25, 0.3) is 0 Å². The third-order valence-corrected chi connectivity index (χ3v) is 21.3. The van der Waals surface area contributed by atoms with E-state index in [1.54, 1.807) is 27.7 Å². The summed E-state index contributed by atoms with van der Waals surface area (Å²) in [5, 5.41) is 20.3. The van der Waals surface area contributed by atoms with Crippen LogP contribution in [0, 0.1) is 0 Å². The van der Waals surface area contributed by atoms with Crippen molar-refractivity contribution in [2.24, 2.45) is 0 Å². The zero-order chi connectivity index (χ0) is 62.9. The van der Waals surface area contributed by atoms with Crippen LogP contribution in [0.1, 0.15) is 91.9 Å². The summed E-state index contributed by atoms with van der Waals surface area (Å²) in [5.74, 6) is -4.83. The van der Waals surface area contributed by atoms with Crippen molar-refractivity contribution >= 4 is 144 Å². The zero-order valence-corrected chi connectivity index (χ0v) is 52.9. The van der Waals surface area contributed by atoms with E-state index < -0.39 is 70.1 Å². The number of hydrogen-bond acceptors (Lipinski definition) is 16. The molecule has 2 aliphatic rings. The largest absolute Gasteiger partial charge is 0.507 e. The highest BCUT2D eigenvalue weighted by atomic mass is 35.5. The molecule has 4 aromatic heterocycles. The van der Waals surface area contributed by atoms with Crippen molar-refractivity contribution in [1.82, 2.24) is 19.1 Å². The highest BCUT2D eigenvalue weighted by molar-refractivity contribution is 7.65. The lowest BCUT2D eigenvalue weighted by Crippen LogP contribution is -2.18. The van der Waals surface area contributed by atoms with E-state index in [2.05, 4.69) is 9.97 Å². The number of hydrogen-bond donors (Lipinski definition) is 7. The number of ether oxygens (including phenoxy) is 2. The van der Waals surface area contributed by atoms with Gasteiger partial charge in [-0.25, -0.2) is 0 Å². The number of nitrogens with one attached hydrogen (secondary N) is 2. The Morgan fingerprint density at radius 2 is 0.872 bits per heavy atom. The number of phenols is 2. The molecule has 6 heterocycles. The summed E-state index contributed by atoms with van der Waals surface area (Å²) in [7, 11) is -16.1. The van der Waals surface area contributed by atoms with E-state index in [9.17, 15) is 62.3 Å². The van der Waals surface area contributed by atoms with Crippen LogP contribution in [-0.4, -0.2) is 100 Å².